The molecule has 20 heavy (non-hydrogen) atoms. The van der Waals surface area contributed by atoms with Crippen LogP contribution in [0.1, 0.15) is 30.6 Å². The van der Waals surface area contributed by atoms with Crippen molar-refractivity contribution in [3.05, 3.63) is 29.3 Å². The maximum Gasteiger partial charge on any atom is 0.119 e. The molecule has 1 aliphatic carbocycles. The number of hydrogen-bond acceptors (Lipinski definition) is 4. The maximum absolute atomic E-state index is 10.6. The van der Waals surface area contributed by atoms with Crippen molar-refractivity contribution in [3.8, 4) is 5.75 Å². The van der Waals surface area contributed by atoms with Crippen LogP contribution in [0.25, 0.3) is 0 Å². The molecule has 0 aliphatic heterocycles. The summed E-state index contributed by atoms with van der Waals surface area (Å²) in [6.07, 6.45) is 1.47. The van der Waals surface area contributed by atoms with Crippen LogP contribution in [0, 0.1) is 0 Å². The van der Waals surface area contributed by atoms with E-state index >= 15 is 0 Å². The fraction of sp³-hybridized carbons (Fsp3) is 0.625. The summed E-state index contributed by atoms with van der Waals surface area (Å²) >= 11 is 0. The van der Waals surface area contributed by atoms with E-state index in [1.54, 1.807) is 14.2 Å². The zero-order valence-corrected chi connectivity index (χ0v) is 12.8. The van der Waals surface area contributed by atoms with Gasteiger partial charge in [0, 0.05) is 19.2 Å². The Balaban J connectivity index is 2.16. The molecule has 0 radical (unpaired) electrons. The van der Waals surface area contributed by atoms with Gasteiger partial charge in [-0.1, -0.05) is 6.07 Å². The minimum atomic E-state index is -0.450. The van der Waals surface area contributed by atoms with Gasteiger partial charge in [0.25, 0.3) is 0 Å². The zero-order chi connectivity index (χ0) is 14.7. The van der Waals surface area contributed by atoms with Crippen LogP contribution in [-0.4, -0.2) is 50.0 Å². The molecule has 1 aliphatic rings. The number of aliphatic hydroxyl groups excluding tert-OH is 1. The van der Waals surface area contributed by atoms with Gasteiger partial charge in [-0.05, 0) is 50.1 Å². The number of ether oxygens (including phenoxy) is 2. The Hall–Kier alpha value is -1.10. The maximum atomic E-state index is 10.6. The topological polar surface area (TPSA) is 41.9 Å². The average molecular weight is 279 g/mol. The van der Waals surface area contributed by atoms with Gasteiger partial charge in [0.1, 0.15) is 5.75 Å². The van der Waals surface area contributed by atoms with Gasteiger partial charge in [-0.3, -0.25) is 4.90 Å². The first-order valence-corrected chi connectivity index (χ1v) is 7.14. The third-order valence-corrected chi connectivity index (χ3v) is 4.37. The van der Waals surface area contributed by atoms with Crippen molar-refractivity contribution in [1.82, 2.24) is 4.90 Å². The van der Waals surface area contributed by atoms with Crippen molar-refractivity contribution in [2.45, 2.75) is 38.0 Å². The van der Waals surface area contributed by atoms with Crippen LogP contribution in [0.2, 0.25) is 0 Å². The van der Waals surface area contributed by atoms with Gasteiger partial charge in [-0.25, -0.2) is 0 Å². The van der Waals surface area contributed by atoms with Crippen molar-refractivity contribution >= 4 is 0 Å². The van der Waals surface area contributed by atoms with Gasteiger partial charge in [0.15, 0.2) is 0 Å². The minimum Gasteiger partial charge on any atom is -0.497 e. The van der Waals surface area contributed by atoms with Crippen LogP contribution in [-0.2, 0) is 11.2 Å². The summed E-state index contributed by atoms with van der Waals surface area (Å²) in [5.41, 5.74) is 2.22. The number of hydrogen-bond donors (Lipinski definition) is 1. The molecule has 0 fully saturated rings. The van der Waals surface area contributed by atoms with E-state index in [9.17, 15) is 5.11 Å². The van der Waals surface area contributed by atoms with Crippen molar-refractivity contribution in [2.24, 2.45) is 0 Å². The summed E-state index contributed by atoms with van der Waals surface area (Å²) in [6, 6.07) is 6.37. The molecule has 0 saturated heterocycles. The molecule has 4 nitrogen and oxygen atoms in total. The summed E-state index contributed by atoms with van der Waals surface area (Å²) in [5, 5.41) is 10.6. The van der Waals surface area contributed by atoms with E-state index in [-0.39, 0.29) is 6.04 Å². The Morgan fingerprint density at radius 3 is 2.80 bits per heavy atom. The number of methoxy groups -OCH3 is 2. The molecule has 0 saturated carbocycles. The summed E-state index contributed by atoms with van der Waals surface area (Å²) < 4.78 is 10.5. The van der Waals surface area contributed by atoms with Crippen LogP contribution in [0.5, 0.6) is 5.75 Å². The normalized spacial score (nSPS) is 23.5. The van der Waals surface area contributed by atoms with Gasteiger partial charge in [0.05, 0.1) is 19.8 Å². The molecule has 112 valence electrons. The number of aliphatic hydroxyl groups is 1. The van der Waals surface area contributed by atoms with Crippen molar-refractivity contribution < 1.29 is 14.6 Å². The van der Waals surface area contributed by atoms with E-state index in [0.29, 0.717) is 12.6 Å². The van der Waals surface area contributed by atoms with E-state index in [0.717, 1.165) is 24.2 Å². The Bertz CT molecular complexity index is 449. The highest BCUT2D eigenvalue weighted by molar-refractivity contribution is 5.39. The number of nitrogens with zero attached hydrogens (tertiary/aromatic N) is 1. The van der Waals surface area contributed by atoms with Crippen LogP contribution in [0.15, 0.2) is 18.2 Å². The number of rotatable bonds is 5. The van der Waals surface area contributed by atoms with Gasteiger partial charge in [-0.15, -0.1) is 0 Å². The number of likely N-dealkylation sites (N-methyl/N-ethyl adjacent to an activating group) is 1. The van der Waals surface area contributed by atoms with Crippen LogP contribution >= 0.6 is 0 Å². The van der Waals surface area contributed by atoms with Gasteiger partial charge in [0.2, 0.25) is 0 Å². The van der Waals surface area contributed by atoms with Crippen LogP contribution in [0.3, 0.4) is 0 Å². The standard InChI is InChI=1S/C16H25NO3/c1-11(10-19-3)17(2)15-8-5-12-9-13(20-4)6-7-14(12)16(15)18/h6-7,9,11,15-16,18H,5,8,10H2,1-4H3. The predicted octanol–water partition coefficient (Wildman–Crippen LogP) is 2.01. The van der Waals surface area contributed by atoms with Gasteiger partial charge in [-0.2, -0.15) is 0 Å². The van der Waals surface area contributed by atoms with Gasteiger partial charge >= 0.3 is 0 Å². The molecule has 2 rings (SSSR count). The lowest BCUT2D eigenvalue weighted by atomic mass is 9.84. The van der Waals surface area contributed by atoms with Crippen molar-refractivity contribution in [1.29, 1.82) is 0 Å². The number of benzene rings is 1. The SMILES string of the molecule is COCC(C)N(C)C1CCc2cc(OC)ccc2C1O. The lowest BCUT2D eigenvalue weighted by Crippen LogP contribution is -2.46. The fourth-order valence-corrected chi connectivity index (χ4v) is 2.99. The molecule has 0 spiro atoms. The van der Waals surface area contributed by atoms with E-state index in [4.69, 9.17) is 9.47 Å². The average Bonchev–Trinajstić information content (AvgIpc) is 2.46. The number of fused-ring (bicyclic) bond motifs is 1. The second-order valence-corrected chi connectivity index (χ2v) is 5.59. The molecule has 1 aromatic rings. The van der Waals surface area contributed by atoms with Gasteiger partial charge < -0.3 is 14.6 Å². The second-order valence-electron chi connectivity index (χ2n) is 5.59. The summed E-state index contributed by atoms with van der Waals surface area (Å²) in [5.74, 6) is 0.857. The Morgan fingerprint density at radius 1 is 1.40 bits per heavy atom. The fourth-order valence-electron chi connectivity index (χ4n) is 2.99. The third kappa shape index (κ3) is 2.97. The molecule has 1 aromatic carbocycles. The lowest BCUT2D eigenvalue weighted by Gasteiger charge is -2.39. The first-order valence-electron chi connectivity index (χ1n) is 7.14. The molecule has 3 atom stereocenters. The molecule has 0 heterocycles. The minimum absolute atomic E-state index is 0.140. The molecule has 3 unspecified atom stereocenters. The van der Waals surface area contributed by atoms with Crippen LogP contribution < -0.4 is 4.74 Å². The molecular weight excluding hydrogens is 254 g/mol. The highest BCUT2D eigenvalue weighted by atomic mass is 16.5. The number of aryl methyl sites for hydroxylation is 1. The summed E-state index contributed by atoms with van der Waals surface area (Å²) in [4.78, 5) is 2.22. The monoisotopic (exact) mass is 279 g/mol. The third-order valence-electron chi connectivity index (χ3n) is 4.37. The van der Waals surface area contributed by atoms with Crippen molar-refractivity contribution in [3.63, 3.8) is 0 Å². The quantitative estimate of drug-likeness (QED) is 0.895. The highest BCUT2D eigenvalue weighted by Crippen LogP contribution is 2.35. The molecule has 4 heteroatoms. The Labute approximate surface area is 121 Å². The van der Waals surface area contributed by atoms with Crippen LogP contribution in [0.4, 0.5) is 0 Å². The zero-order valence-electron chi connectivity index (χ0n) is 12.8. The Morgan fingerprint density at radius 2 is 2.15 bits per heavy atom. The second kappa shape index (κ2) is 6.57. The molecule has 0 bridgehead atoms. The Kier molecular flexibility index (Phi) is 5.02. The summed E-state index contributed by atoms with van der Waals surface area (Å²) in [6.45, 7) is 2.80. The summed E-state index contributed by atoms with van der Waals surface area (Å²) in [7, 11) is 5.44. The highest BCUT2D eigenvalue weighted by Gasteiger charge is 2.32. The first kappa shape index (κ1) is 15.3. The lowest BCUT2D eigenvalue weighted by molar-refractivity contribution is 0.0108. The van der Waals surface area contributed by atoms with E-state index in [1.807, 2.05) is 18.2 Å². The molecule has 1 N–H and O–H groups in total. The molecule has 0 amide bonds. The van der Waals surface area contributed by atoms with E-state index in [1.165, 1.54) is 5.56 Å². The smallest absolute Gasteiger partial charge is 0.119 e. The molecule has 0 aromatic heterocycles. The van der Waals surface area contributed by atoms with E-state index in [2.05, 4.69) is 18.9 Å². The predicted molar refractivity (Wildman–Crippen MR) is 79.2 cm³/mol. The molecular formula is C16H25NO3. The van der Waals surface area contributed by atoms with Crippen molar-refractivity contribution in [2.75, 3.05) is 27.9 Å². The first-order chi connectivity index (χ1) is 9.58. The van der Waals surface area contributed by atoms with E-state index < -0.39 is 6.10 Å². The largest absolute Gasteiger partial charge is 0.497 e.